The first-order chi connectivity index (χ1) is 15.0. The van der Waals surface area contributed by atoms with Crippen LogP contribution >= 0.6 is 0 Å². The van der Waals surface area contributed by atoms with Gasteiger partial charge in [0.15, 0.2) is 5.96 Å². The smallest absolute Gasteiger partial charge is 0.387 e. The molecule has 1 fully saturated rings. The van der Waals surface area contributed by atoms with Gasteiger partial charge in [-0.2, -0.15) is 8.78 Å². The van der Waals surface area contributed by atoms with Crippen LogP contribution in [0.25, 0.3) is 0 Å². The maximum absolute atomic E-state index is 12.6. The predicted molar refractivity (Wildman–Crippen MR) is 117 cm³/mol. The highest BCUT2D eigenvalue weighted by atomic mass is 19.3. The standard InChI is InChI=1S/C21H29F2N7O/c1-16-4-5-18(31-19(22)23)17(14-16)15-28-20(24-2)25-8-9-29-10-12-30(13-11-29)21-26-6-3-7-27-21/h3-7,14,19H,8-13,15H2,1-2H3,(H2,24,25,28). The van der Waals surface area contributed by atoms with Gasteiger partial charge in [0.2, 0.25) is 5.95 Å². The van der Waals surface area contributed by atoms with E-state index in [9.17, 15) is 8.78 Å². The third-order valence-electron chi connectivity index (χ3n) is 5.03. The highest BCUT2D eigenvalue weighted by Gasteiger charge is 2.18. The Morgan fingerprint density at radius 3 is 2.58 bits per heavy atom. The zero-order valence-electron chi connectivity index (χ0n) is 17.9. The number of aromatic nitrogens is 2. The Morgan fingerprint density at radius 2 is 1.90 bits per heavy atom. The molecular formula is C21H29F2N7O. The molecule has 10 heteroatoms. The van der Waals surface area contributed by atoms with Gasteiger partial charge in [-0.3, -0.25) is 9.89 Å². The summed E-state index contributed by atoms with van der Waals surface area (Å²) in [4.78, 5) is 17.4. The number of guanidine groups is 1. The molecule has 31 heavy (non-hydrogen) atoms. The quantitative estimate of drug-likeness (QED) is 0.486. The summed E-state index contributed by atoms with van der Waals surface area (Å²) in [5, 5.41) is 6.44. The lowest BCUT2D eigenvalue weighted by Gasteiger charge is -2.34. The van der Waals surface area contributed by atoms with E-state index in [1.54, 1.807) is 31.6 Å². The van der Waals surface area contributed by atoms with Gasteiger partial charge in [0.05, 0.1) is 0 Å². The molecule has 1 aliphatic heterocycles. The van der Waals surface area contributed by atoms with Crippen molar-refractivity contribution in [3.63, 3.8) is 0 Å². The van der Waals surface area contributed by atoms with Crippen LogP contribution in [-0.2, 0) is 6.54 Å². The number of alkyl halides is 2. The Morgan fingerprint density at radius 1 is 1.16 bits per heavy atom. The maximum Gasteiger partial charge on any atom is 0.387 e. The predicted octanol–water partition coefficient (Wildman–Crippen LogP) is 1.87. The van der Waals surface area contributed by atoms with Crippen LogP contribution < -0.4 is 20.3 Å². The number of hydrogen-bond acceptors (Lipinski definition) is 6. The van der Waals surface area contributed by atoms with Crippen LogP contribution in [0.4, 0.5) is 14.7 Å². The topological polar surface area (TPSA) is 77.9 Å². The molecule has 0 atom stereocenters. The van der Waals surface area contributed by atoms with E-state index in [0.717, 1.165) is 50.8 Å². The normalized spacial score (nSPS) is 15.3. The molecule has 1 aromatic heterocycles. The van der Waals surface area contributed by atoms with Crippen molar-refractivity contribution in [3.8, 4) is 5.75 Å². The molecule has 0 bridgehead atoms. The van der Waals surface area contributed by atoms with Gasteiger partial charge >= 0.3 is 6.61 Å². The second kappa shape index (κ2) is 11.4. The summed E-state index contributed by atoms with van der Waals surface area (Å²) in [5.74, 6) is 1.56. The van der Waals surface area contributed by atoms with Crippen molar-refractivity contribution in [1.29, 1.82) is 0 Å². The van der Waals surface area contributed by atoms with Crippen LogP contribution in [0.2, 0.25) is 0 Å². The fourth-order valence-electron chi connectivity index (χ4n) is 3.42. The molecule has 0 radical (unpaired) electrons. The second-order valence-electron chi connectivity index (χ2n) is 7.22. The van der Waals surface area contributed by atoms with E-state index in [2.05, 4.69) is 40.1 Å². The molecule has 3 rings (SSSR count). The molecule has 0 aliphatic carbocycles. The van der Waals surface area contributed by atoms with Gasteiger partial charge in [-0.25, -0.2) is 9.97 Å². The number of nitrogens with one attached hydrogen (secondary N) is 2. The Balaban J connectivity index is 1.41. The summed E-state index contributed by atoms with van der Waals surface area (Å²) in [5.41, 5.74) is 1.63. The average Bonchev–Trinajstić information content (AvgIpc) is 2.78. The maximum atomic E-state index is 12.6. The van der Waals surface area contributed by atoms with Crippen molar-refractivity contribution in [3.05, 3.63) is 47.8 Å². The zero-order valence-corrected chi connectivity index (χ0v) is 17.9. The molecule has 2 aromatic rings. The van der Waals surface area contributed by atoms with Crippen LogP contribution in [0.15, 0.2) is 41.7 Å². The van der Waals surface area contributed by atoms with Crippen molar-refractivity contribution >= 4 is 11.9 Å². The second-order valence-corrected chi connectivity index (χ2v) is 7.22. The van der Waals surface area contributed by atoms with Gasteiger partial charge in [-0.05, 0) is 19.1 Å². The van der Waals surface area contributed by atoms with Gasteiger partial charge < -0.3 is 20.3 Å². The lowest BCUT2D eigenvalue weighted by Crippen LogP contribution is -2.49. The molecule has 168 valence electrons. The van der Waals surface area contributed by atoms with E-state index in [1.165, 1.54) is 0 Å². The van der Waals surface area contributed by atoms with Crippen LogP contribution in [0.3, 0.4) is 0 Å². The van der Waals surface area contributed by atoms with E-state index in [4.69, 9.17) is 0 Å². The average molecular weight is 434 g/mol. The summed E-state index contributed by atoms with van der Waals surface area (Å²) in [7, 11) is 1.68. The molecule has 1 aromatic carbocycles. The number of piperazine rings is 1. The molecular weight excluding hydrogens is 404 g/mol. The van der Waals surface area contributed by atoms with E-state index >= 15 is 0 Å². The Kier molecular flexibility index (Phi) is 8.34. The fourth-order valence-corrected chi connectivity index (χ4v) is 3.42. The molecule has 0 unspecified atom stereocenters. The minimum Gasteiger partial charge on any atom is -0.434 e. The van der Waals surface area contributed by atoms with Gasteiger partial charge in [-0.15, -0.1) is 0 Å². The number of anilines is 1. The minimum atomic E-state index is -2.85. The molecule has 1 aliphatic rings. The van der Waals surface area contributed by atoms with E-state index in [0.29, 0.717) is 18.1 Å². The van der Waals surface area contributed by atoms with Gasteiger partial charge in [0, 0.05) is 70.8 Å². The summed E-state index contributed by atoms with van der Waals surface area (Å²) in [6, 6.07) is 6.96. The number of benzene rings is 1. The molecule has 8 nitrogen and oxygen atoms in total. The Bertz CT molecular complexity index is 843. The highest BCUT2D eigenvalue weighted by Crippen LogP contribution is 2.22. The van der Waals surface area contributed by atoms with Crippen LogP contribution in [0, 0.1) is 6.92 Å². The number of aliphatic imine (C=N–C) groups is 1. The van der Waals surface area contributed by atoms with Crippen LogP contribution in [0.5, 0.6) is 5.75 Å². The fraction of sp³-hybridized carbons (Fsp3) is 0.476. The van der Waals surface area contributed by atoms with E-state index < -0.39 is 6.61 Å². The number of ether oxygens (including phenoxy) is 1. The van der Waals surface area contributed by atoms with Gasteiger partial charge in [0.25, 0.3) is 0 Å². The van der Waals surface area contributed by atoms with Gasteiger partial charge in [0.1, 0.15) is 5.75 Å². The van der Waals surface area contributed by atoms with E-state index in [1.807, 2.05) is 19.1 Å². The summed E-state index contributed by atoms with van der Waals surface area (Å²) < 4.78 is 29.9. The molecule has 1 saturated heterocycles. The number of hydrogen-bond donors (Lipinski definition) is 2. The first-order valence-corrected chi connectivity index (χ1v) is 10.3. The molecule has 2 heterocycles. The highest BCUT2D eigenvalue weighted by molar-refractivity contribution is 5.79. The summed E-state index contributed by atoms with van der Waals surface area (Å²) >= 11 is 0. The first-order valence-electron chi connectivity index (χ1n) is 10.3. The first kappa shape index (κ1) is 22.7. The molecule has 0 amide bonds. The van der Waals surface area contributed by atoms with Crippen molar-refractivity contribution in [2.24, 2.45) is 4.99 Å². The monoisotopic (exact) mass is 433 g/mol. The van der Waals surface area contributed by atoms with Crippen molar-refractivity contribution in [1.82, 2.24) is 25.5 Å². The minimum absolute atomic E-state index is 0.170. The third kappa shape index (κ3) is 7.02. The Hall–Kier alpha value is -3.01. The van der Waals surface area contributed by atoms with E-state index in [-0.39, 0.29) is 5.75 Å². The molecule has 2 N–H and O–H groups in total. The number of halogens is 2. The SMILES string of the molecule is CN=C(NCCN1CCN(c2ncccn2)CC1)NCc1cc(C)ccc1OC(F)F. The van der Waals surface area contributed by atoms with Crippen molar-refractivity contribution in [2.45, 2.75) is 20.1 Å². The third-order valence-corrected chi connectivity index (χ3v) is 5.03. The van der Waals surface area contributed by atoms with Crippen molar-refractivity contribution in [2.75, 3.05) is 51.2 Å². The van der Waals surface area contributed by atoms with Gasteiger partial charge in [-0.1, -0.05) is 17.7 Å². The number of nitrogens with zero attached hydrogens (tertiary/aromatic N) is 5. The van der Waals surface area contributed by atoms with Crippen molar-refractivity contribution < 1.29 is 13.5 Å². The number of rotatable bonds is 8. The summed E-state index contributed by atoms with van der Waals surface area (Å²) in [6.07, 6.45) is 3.52. The molecule has 0 saturated carbocycles. The largest absolute Gasteiger partial charge is 0.434 e. The van der Waals surface area contributed by atoms with Crippen LogP contribution in [0.1, 0.15) is 11.1 Å². The molecule has 0 spiro atoms. The lowest BCUT2D eigenvalue weighted by atomic mass is 10.1. The lowest BCUT2D eigenvalue weighted by molar-refractivity contribution is -0.0504. The summed E-state index contributed by atoms with van der Waals surface area (Å²) in [6.45, 7) is 4.62. The zero-order chi connectivity index (χ0) is 22.1. The Labute approximate surface area is 181 Å². The number of aryl methyl sites for hydroxylation is 1. The van der Waals surface area contributed by atoms with Crippen LogP contribution in [-0.4, -0.2) is 73.8 Å².